The van der Waals surface area contributed by atoms with Crippen LogP contribution in [0.2, 0.25) is 0 Å². The van der Waals surface area contributed by atoms with Gasteiger partial charge in [-0.3, -0.25) is 9.59 Å². The van der Waals surface area contributed by atoms with Crippen LogP contribution in [0.4, 0.5) is 5.13 Å². The Labute approximate surface area is 183 Å². The van der Waals surface area contributed by atoms with E-state index in [9.17, 15) is 9.59 Å². The molecule has 2 heterocycles. The summed E-state index contributed by atoms with van der Waals surface area (Å²) in [6, 6.07) is 12.0. The molecule has 1 aliphatic heterocycles. The third kappa shape index (κ3) is 5.05. The van der Waals surface area contributed by atoms with Crippen LogP contribution in [0.3, 0.4) is 0 Å². The first-order valence-electron chi connectivity index (χ1n) is 9.98. The number of ether oxygens (including phenoxy) is 3. The van der Waals surface area contributed by atoms with Crippen LogP contribution in [0, 0.1) is 5.92 Å². The van der Waals surface area contributed by atoms with Crippen molar-refractivity contribution in [2.24, 2.45) is 5.92 Å². The number of aromatic nitrogens is 1. The lowest BCUT2D eigenvalue weighted by Gasteiger charge is -2.21. The van der Waals surface area contributed by atoms with Gasteiger partial charge in [0, 0.05) is 12.1 Å². The zero-order valence-corrected chi connectivity index (χ0v) is 18.0. The largest absolute Gasteiger partial charge is 0.486 e. The lowest BCUT2D eigenvalue weighted by Crippen LogP contribution is -2.48. The molecule has 2 aromatic carbocycles. The summed E-state index contributed by atoms with van der Waals surface area (Å²) in [7, 11) is 0. The molecule has 0 aliphatic carbocycles. The third-order valence-electron chi connectivity index (χ3n) is 4.66. The van der Waals surface area contributed by atoms with Crippen molar-refractivity contribution in [3.8, 4) is 17.2 Å². The third-order valence-corrected chi connectivity index (χ3v) is 5.59. The fraction of sp³-hybridized carbons (Fsp3) is 0.318. The quantitative estimate of drug-likeness (QED) is 0.584. The Kier molecular flexibility index (Phi) is 6.22. The Morgan fingerprint density at radius 2 is 1.84 bits per heavy atom. The van der Waals surface area contributed by atoms with Crippen LogP contribution in [0.1, 0.15) is 13.8 Å². The van der Waals surface area contributed by atoms with Crippen LogP contribution in [0.15, 0.2) is 42.5 Å². The Morgan fingerprint density at radius 1 is 1.13 bits per heavy atom. The molecule has 9 heteroatoms. The molecule has 31 heavy (non-hydrogen) atoms. The summed E-state index contributed by atoms with van der Waals surface area (Å²) >= 11 is 1.34. The highest BCUT2D eigenvalue weighted by Gasteiger charge is 2.25. The van der Waals surface area contributed by atoms with Gasteiger partial charge >= 0.3 is 0 Å². The molecule has 0 spiro atoms. The second-order valence-electron chi connectivity index (χ2n) is 7.36. The molecule has 3 aromatic rings. The van der Waals surface area contributed by atoms with Crippen LogP contribution in [0.25, 0.3) is 10.2 Å². The number of anilines is 1. The molecule has 0 bridgehead atoms. The summed E-state index contributed by atoms with van der Waals surface area (Å²) in [5, 5.41) is 6.01. The molecule has 1 aromatic heterocycles. The Balaban J connectivity index is 1.40. The number of hydrogen-bond acceptors (Lipinski definition) is 7. The van der Waals surface area contributed by atoms with Gasteiger partial charge in [-0.15, -0.1) is 0 Å². The SMILES string of the molecule is CC(C)C(NC(=O)COc1ccccc1)C(=O)Nc1nc2cc3c(cc2s1)OCCO3. The van der Waals surface area contributed by atoms with Gasteiger partial charge in [-0.25, -0.2) is 4.98 Å². The highest BCUT2D eigenvalue weighted by molar-refractivity contribution is 7.22. The number of fused-ring (bicyclic) bond motifs is 2. The summed E-state index contributed by atoms with van der Waals surface area (Å²) in [6.07, 6.45) is 0. The van der Waals surface area contributed by atoms with Gasteiger partial charge in [0.15, 0.2) is 23.2 Å². The summed E-state index contributed by atoms with van der Waals surface area (Å²) in [5.74, 6) is 1.08. The summed E-state index contributed by atoms with van der Waals surface area (Å²) in [6.45, 7) is 4.56. The molecular weight excluding hydrogens is 418 g/mol. The second-order valence-corrected chi connectivity index (χ2v) is 8.39. The van der Waals surface area contributed by atoms with E-state index < -0.39 is 6.04 Å². The molecule has 0 radical (unpaired) electrons. The second kappa shape index (κ2) is 9.22. The van der Waals surface area contributed by atoms with Crippen LogP contribution in [0.5, 0.6) is 17.2 Å². The zero-order valence-electron chi connectivity index (χ0n) is 17.2. The number of para-hydroxylation sites is 1. The number of rotatable bonds is 7. The molecule has 1 atom stereocenters. The number of nitrogens with one attached hydrogen (secondary N) is 2. The van der Waals surface area contributed by atoms with Crippen molar-refractivity contribution in [3.63, 3.8) is 0 Å². The first-order valence-corrected chi connectivity index (χ1v) is 10.8. The van der Waals surface area contributed by atoms with E-state index in [-0.39, 0.29) is 24.3 Å². The Morgan fingerprint density at radius 3 is 2.55 bits per heavy atom. The Bertz CT molecular complexity index is 1040. The normalized spacial score (nSPS) is 13.6. The fourth-order valence-corrected chi connectivity index (χ4v) is 4.00. The lowest BCUT2D eigenvalue weighted by molar-refractivity contribution is -0.128. The van der Waals surface area contributed by atoms with E-state index in [1.54, 1.807) is 18.2 Å². The van der Waals surface area contributed by atoms with Gasteiger partial charge in [0.05, 0.1) is 10.2 Å². The highest BCUT2D eigenvalue weighted by Crippen LogP contribution is 2.37. The van der Waals surface area contributed by atoms with Gasteiger partial charge < -0.3 is 24.8 Å². The minimum Gasteiger partial charge on any atom is -0.486 e. The summed E-state index contributed by atoms with van der Waals surface area (Å²) in [5.41, 5.74) is 0.714. The topological polar surface area (TPSA) is 98.8 Å². The molecular formula is C22H23N3O5S. The van der Waals surface area contributed by atoms with Gasteiger partial charge in [0.25, 0.3) is 5.91 Å². The maximum atomic E-state index is 12.8. The zero-order chi connectivity index (χ0) is 21.8. The van der Waals surface area contributed by atoms with Gasteiger partial charge in [0.1, 0.15) is 25.0 Å². The first kappa shape index (κ1) is 20.9. The summed E-state index contributed by atoms with van der Waals surface area (Å²) in [4.78, 5) is 29.6. The monoisotopic (exact) mass is 441 g/mol. The average molecular weight is 442 g/mol. The molecule has 162 valence electrons. The molecule has 1 unspecified atom stereocenters. The average Bonchev–Trinajstić information content (AvgIpc) is 3.15. The number of benzene rings is 2. The molecule has 1 aliphatic rings. The van der Waals surface area contributed by atoms with Crippen molar-refractivity contribution >= 4 is 38.5 Å². The minimum absolute atomic E-state index is 0.121. The highest BCUT2D eigenvalue weighted by atomic mass is 32.1. The van der Waals surface area contributed by atoms with Crippen LogP contribution in [-0.4, -0.2) is 42.7 Å². The maximum absolute atomic E-state index is 12.8. The van der Waals surface area contributed by atoms with Gasteiger partial charge in [0.2, 0.25) is 5.91 Å². The van der Waals surface area contributed by atoms with Gasteiger partial charge in [-0.05, 0) is 18.1 Å². The maximum Gasteiger partial charge on any atom is 0.258 e. The van der Waals surface area contributed by atoms with E-state index >= 15 is 0 Å². The summed E-state index contributed by atoms with van der Waals surface area (Å²) < 4.78 is 17.5. The predicted octanol–water partition coefficient (Wildman–Crippen LogP) is 3.23. The predicted molar refractivity (Wildman–Crippen MR) is 118 cm³/mol. The van der Waals surface area contributed by atoms with E-state index in [0.717, 1.165) is 4.70 Å². The molecule has 2 amide bonds. The van der Waals surface area contributed by atoms with Crippen LogP contribution in [-0.2, 0) is 9.59 Å². The molecule has 0 saturated carbocycles. The van der Waals surface area contributed by atoms with E-state index in [1.807, 2.05) is 38.1 Å². The van der Waals surface area contributed by atoms with E-state index in [4.69, 9.17) is 14.2 Å². The van der Waals surface area contributed by atoms with Crippen molar-refractivity contribution in [1.29, 1.82) is 0 Å². The van der Waals surface area contributed by atoms with Crippen LogP contribution < -0.4 is 24.8 Å². The van der Waals surface area contributed by atoms with Crippen molar-refractivity contribution < 1.29 is 23.8 Å². The molecule has 0 fully saturated rings. The van der Waals surface area contributed by atoms with Crippen molar-refractivity contribution in [2.45, 2.75) is 19.9 Å². The number of amides is 2. The molecule has 4 rings (SSSR count). The van der Waals surface area contributed by atoms with Crippen molar-refractivity contribution in [3.05, 3.63) is 42.5 Å². The number of carbonyl (C=O) groups excluding carboxylic acids is 2. The number of nitrogens with zero attached hydrogens (tertiary/aromatic N) is 1. The van der Waals surface area contributed by atoms with Crippen LogP contribution >= 0.6 is 11.3 Å². The smallest absolute Gasteiger partial charge is 0.258 e. The van der Waals surface area contributed by atoms with Crippen molar-refractivity contribution in [1.82, 2.24) is 10.3 Å². The minimum atomic E-state index is -0.723. The molecule has 0 saturated heterocycles. The molecule has 2 N–H and O–H groups in total. The Hall–Kier alpha value is -3.33. The standard InChI is InChI=1S/C22H23N3O5S/c1-13(2)20(24-19(26)12-30-14-6-4-3-5-7-14)21(27)25-22-23-15-10-16-17(11-18(15)31-22)29-9-8-28-16/h3-7,10-11,13,20H,8-9,12H2,1-2H3,(H,24,26)(H,23,25,27). The van der Waals surface area contributed by atoms with Gasteiger partial charge in [-0.1, -0.05) is 43.4 Å². The van der Waals surface area contributed by atoms with E-state index in [0.29, 0.717) is 41.1 Å². The number of carbonyl (C=O) groups is 2. The van der Waals surface area contributed by atoms with E-state index in [2.05, 4.69) is 15.6 Å². The first-order chi connectivity index (χ1) is 15.0. The van der Waals surface area contributed by atoms with E-state index in [1.165, 1.54) is 11.3 Å². The lowest BCUT2D eigenvalue weighted by atomic mass is 10.0. The van der Waals surface area contributed by atoms with Gasteiger partial charge in [-0.2, -0.15) is 0 Å². The number of thiazole rings is 1. The number of hydrogen-bond donors (Lipinski definition) is 2. The fourth-order valence-electron chi connectivity index (χ4n) is 3.12. The molecule has 8 nitrogen and oxygen atoms in total. The van der Waals surface area contributed by atoms with Crippen molar-refractivity contribution in [2.75, 3.05) is 25.1 Å².